The molecule has 0 amide bonds. The summed E-state index contributed by atoms with van der Waals surface area (Å²) >= 11 is 0. The summed E-state index contributed by atoms with van der Waals surface area (Å²) < 4.78 is 34.8. The zero-order chi connectivity index (χ0) is 18.6. The van der Waals surface area contributed by atoms with Crippen LogP contribution in [0, 0.1) is 13.8 Å². The van der Waals surface area contributed by atoms with Crippen LogP contribution < -0.4 is 9.46 Å². The normalized spacial score (nSPS) is 11.3. The van der Waals surface area contributed by atoms with Crippen LogP contribution in [0.5, 0.6) is 5.75 Å². The predicted octanol–water partition coefficient (Wildman–Crippen LogP) is 3.38. The number of anilines is 1. The van der Waals surface area contributed by atoms with E-state index in [1.807, 2.05) is 30.8 Å². The highest BCUT2D eigenvalue weighted by atomic mass is 32.2. The van der Waals surface area contributed by atoms with Gasteiger partial charge in [0, 0.05) is 11.9 Å². The van der Waals surface area contributed by atoms with E-state index in [9.17, 15) is 8.42 Å². The van der Waals surface area contributed by atoms with Crippen molar-refractivity contribution in [2.24, 2.45) is 0 Å². The van der Waals surface area contributed by atoms with E-state index in [0.717, 1.165) is 11.3 Å². The Kier molecular flexibility index (Phi) is 5.27. The summed E-state index contributed by atoms with van der Waals surface area (Å²) in [4.78, 5) is 0.234. The third kappa shape index (κ3) is 4.64. The van der Waals surface area contributed by atoms with Crippen LogP contribution in [0.1, 0.15) is 11.3 Å². The molecule has 7 heteroatoms. The van der Waals surface area contributed by atoms with Gasteiger partial charge in [0.25, 0.3) is 10.0 Å². The number of aromatic nitrogens is 2. The zero-order valence-electron chi connectivity index (χ0n) is 14.7. The fourth-order valence-corrected chi connectivity index (χ4v) is 3.45. The molecule has 0 aliphatic carbocycles. The molecule has 0 atom stereocenters. The monoisotopic (exact) mass is 371 g/mol. The van der Waals surface area contributed by atoms with Crippen molar-refractivity contribution in [3.05, 3.63) is 72.1 Å². The molecule has 2 aromatic carbocycles. The van der Waals surface area contributed by atoms with Gasteiger partial charge < -0.3 is 4.74 Å². The molecule has 0 fully saturated rings. The molecule has 6 nitrogen and oxygen atoms in total. The van der Waals surface area contributed by atoms with Gasteiger partial charge in [-0.05, 0) is 56.3 Å². The first-order valence-electron chi connectivity index (χ1n) is 8.25. The average Bonchev–Trinajstić information content (AvgIpc) is 3.02. The van der Waals surface area contributed by atoms with E-state index in [1.165, 1.54) is 0 Å². The van der Waals surface area contributed by atoms with Crippen molar-refractivity contribution in [3.8, 4) is 5.75 Å². The molecule has 3 rings (SSSR count). The Labute approximate surface area is 153 Å². The van der Waals surface area contributed by atoms with Crippen molar-refractivity contribution in [3.63, 3.8) is 0 Å². The van der Waals surface area contributed by atoms with Gasteiger partial charge in [-0.1, -0.05) is 17.7 Å². The highest BCUT2D eigenvalue weighted by Crippen LogP contribution is 2.20. The summed E-state index contributed by atoms with van der Waals surface area (Å²) in [7, 11) is -3.60. The van der Waals surface area contributed by atoms with Crippen LogP contribution in [0.3, 0.4) is 0 Å². The van der Waals surface area contributed by atoms with Gasteiger partial charge in [-0.15, -0.1) is 0 Å². The molecule has 0 unspecified atom stereocenters. The molecule has 0 bridgehead atoms. The molecule has 26 heavy (non-hydrogen) atoms. The number of hydrogen-bond acceptors (Lipinski definition) is 4. The maximum Gasteiger partial charge on any atom is 0.261 e. The van der Waals surface area contributed by atoms with E-state index in [0.29, 0.717) is 24.6 Å². The first-order chi connectivity index (χ1) is 12.4. The lowest BCUT2D eigenvalue weighted by atomic mass is 10.2. The second-order valence-electron chi connectivity index (χ2n) is 6.01. The number of aryl methyl sites for hydroxylation is 2. The van der Waals surface area contributed by atoms with Crippen LogP contribution >= 0.6 is 0 Å². The number of benzene rings is 2. The molecule has 3 aromatic rings. The van der Waals surface area contributed by atoms with Gasteiger partial charge in [-0.25, -0.2) is 8.42 Å². The summed E-state index contributed by atoms with van der Waals surface area (Å²) in [5.74, 6) is 0.673. The van der Waals surface area contributed by atoms with E-state index < -0.39 is 10.0 Å². The first kappa shape index (κ1) is 18.0. The Hall–Kier alpha value is -2.80. The van der Waals surface area contributed by atoms with Crippen LogP contribution in [0.2, 0.25) is 0 Å². The lowest BCUT2D eigenvalue weighted by Gasteiger charge is -2.10. The Bertz CT molecular complexity index is 962. The largest absolute Gasteiger partial charge is 0.492 e. The minimum absolute atomic E-state index is 0.234. The minimum atomic E-state index is -3.60. The van der Waals surface area contributed by atoms with Gasteiger partial charge in [0.2, 0.25) is 0 Å². The second-order valence-corrected chi connectivity index (χ2v) is 7.69. The first-order valence-corrected chi connectivity index (χ1v) is 9.73. The zero-order valence-corrected chi connectivity index (χ0v) is 15.5. The third-order valence-corrected chi connectivity index (χ3v) is 5.20. The van der Waals surface area contributed by atoms with Gasteiger partial charge >= 0.3 is 0 Å². The van der Waals surface area contributed by atoms with Crippen molar-refractivity contribution >= 4 is 15.7 Å². The molecule has 1 heterocycles. The van der Waals surface area contributed by atoms with Crippen LogP contribution in [0.15, 0.2) is 65.7 Å². The topological polar surface area (TPSA) is 73.2 Å². The van der Waals surface area contributed by atoms with E-state index >= 15 is 0 Å². The van der Waals surface area contributed by atoms with E-state index in [2.05, 4.69) is 9.82 Å². The van der Waals surface area contributed by atoms with Crippen LogP contribution in [0.4, 0.5) is 5.69 Å². The number of sulfonamides is 1. The maximum atomic E-state index is 12.4. The van der Waals surface area contributed by atoms with Gasteiger partial charge in [0.05, 0.1) is 17.1 Å². The van der Waals surface area contributed by atoms with E-state index in [-0.39, 0.29) is 4.90 Å². The third-order valence-electron chi connectivity index (χ3n) is 3.80. The molecule has 0 saturated carbocycles. The van der Waals surface area contributed by atoms with E-state index in [4.69, 9.17) is 4.74 Å². The quantitative estimate of drug-likeness (QED) is 0.691. The van der Waals surface area contributed by atoms with Crippen molar-refractivity contribution in [2.45, 2.75) is 25.3 Å². The van der Waals surface area contributed by atoms with Crippen molar-refractivity contribution in [1.82, 2.24) is 9.78 Å². The highest BCUT2D eigenvalue weighted by molar-refractivity contribution is 7.92. The number of hydrogen-bond donors (Lipinski definition) is 1. The molecular weight excluding hydrogens is 350 g/mol. The lowest BCUT2D eigenvalue weighted by Crippen LogP contribution is -2.13. The van der Waals surface area contributed by atoms with Crippen LogP contribution in [0.25, 0.3) is 0 Å². The SMILES string of the molecule is Cc1ccc(S(=O)(=O)Nc2ccc(OCCn3ccc(C)n3)cc2)cc1. The molecule has 0 aliphatic rings. The van der Waals surface area contributed by atoms with Crippen LogP contribution in [-0.2, 0) is 16.6 Å². The average molecular weight is 371 g/mol. The minimum Gasteiger partial charge on any atom is -0.492 e. The Morgan fingerprint density at radius 3 is 2.31 bits per heavy atom. The van der Waals surface area contributed by atoms with Crippen molar-refractivity contribution in [1.29, 1.82) is 0 Å². The Morgan fingerprint density at radius 2 is 1.69 bits per heavy atom. The van der Waals surface area contributed by atoms with E-state index in [1.54, 1.807) is 48.5 Å². The standard InChI is InChI=1S/C19H21N3O3S/c1-15-3-9-19(10-4-15)26(23,24)21-17-5-7-18(8-6-17)25-14-13-22-12-11-16(2)20-22/h3-12,21H,13-14H2,1-2H3. The number of rotatable bonds is 7. The summed E-state index contributed by atoms with van der Waals surface area (Å²) in [5, 5.41) is 4.29. The molecule has 1 N–H and O–H groups in total. The van der Waals surface area contributed by atoms with Gasteiger partial charge in [0.15, 0.2) is 0 Å². The maximum absolute atomic E-state index is 12.4. The molecule has 0 radical (unpaired) electrons. The van der Waals surface area contributed by atoms with Gasteiger partial charge in [-0.3, -0.25) is 9.40 Å². The molecule has 136 valence electrons. The molecule has 0 spiro atoms. The van der Waals surface area contributed by atoms with Crippen molar-refractivity contribution < 1.29 is 13.2 Å². The van der Waals surface area contributed by atoms with Gasteiger partial charge in [-0.2, -0.15) is 5.10 Å². The molecular formula is C19H21N3O3S. The fraction of sp³-hybridized carbons (Fsp3) is 0.211. The summed E-state index contributed by atoms with van der Waals surface area (Å²) in [6.07, 6.45) is 1.90. The van der Waals surface area contributed by atoms with Crippen LogP contribution in [-0.4, -0.2) is 24.8 Å². The number of nitrogens with zero attached hydrogens (tertiary/aromatic N) is 2. The Balaban J connectivity index is 1.57. The summed E-state index contributed by atoms with van der Waals surface area (Å²) in [6.45, 7) is 4.98. The Morgan fingerprint density at radius 1 is 1.00 bits per heavy atom. The number of nitrogens with one attached hydrogen (secondary N) is 1. The molecule has 0 aliphatic heterocycles. The summed E-state index contributed by atoms with van der Waals surface area (Å²) in [6, 6.07) is 15.5. The molecule has 0 saturated heterocycles. The second kappa shape index (κ2) is 7.61. The smallest absolute Gasteiger partial charge is 0.261 e. The predicted molar refractivity (Wildman–Crippen MR) is 101 cm³/mol. The number of ether oxygens (including phenoxy) is 1. The van der Waals surface area contributed by atoms with Crippen molar-refractivity contribution in [2.75, 3.05) is 11.3 Å². The molecule has 1 aromatic heterocycles. The fourth-order valence-electron chi connectivity index (χ4n) is 2.40. The van der Waals surface area contributed by atoms with Gasteiger partial charge in [0.1, 0.15) is 12.4 Å². The lowest BCUT2D eigenvalue weighted by molar-refractivity contribution is 0.291. The highest BCUT2D eigenvalue weighted by Gasteiger charge is 2.13. The summed E-state index contributed by atoms with van der Waals surface area (Å²) in [5.41, 5.74) is 2.46.